The zero-order valence-corrected chi connectivity index (χ0v) is 11.7. The molecular formula is C15H21NO4. The first-order valence-electron chi connectivity index (χ1n) is 6.94. The van der Waals surface area contributed by atoms with Crippen molar-refractivity contribution in [2.24, 2.45) is 0 Å². The first kappa shape index (κ1) is 14.8. The molecule has 1 aliphatic rings. The summed E-state index contributed by atoms with van der Waals surface area (Å²) in [5, 5.41) is 9.28. The highest BCUT2D eigenvalue weighted by Crippen LogP contribution is 2.14. The molecule has 0 aromatic heterocycles. The van der Waals surface area contributed by atoms with Gasteiger partial charge in [-0.2, -0.15) is 0 Å². The van der Waals surface area contributed by atoms with Gasteiger partial charge in [0.15, 0.2) is 0 Å². The average molecular weight is 279 g/mol. The molecule has 1 aliphatic heterocycles. The Morgan fingerprint density at radius 3 is 2.85 bits per heavy atom. The molecule has 1 aromatic rings. The first-order valence-corrected chi connectivity index (χ1v) is 6.94. The molecule has 1 fully saturated rings. The molecule has 1 saturated heterocycles. The Morgan fingerprint density at radius 1 is 1.45 bits per heavy atom. The van der Waals surface area contributed by atoms with Crippen molar-refractivity contribution in [2.45, 2.75) is 19.4 Å². The second-order valence-corrected chi connectivity index (χ2v) is 4.75. The Morgan fingerprint density at radius 2 is 2.20 bits per heavy atom. The van der Waals surface area contributed by atoms with E-state index in [9.17, 15) is 9.90 Å². The monoisotopic (exact) mass is 279 g/mol. The molecule has 0 bridgehead atoms. The standard InChI is InChI=1S/C15H21NO4/c1-2-20-14-5-3-12(4-6-14)9-15(18)16-7-8-19-11-13(16)10-17/h3-6,13,17H,2,7-11H2,1H3/t13-/m0/s1. The summed E-state index contributed by atoms with van der Waals surface area (Å²) in [6.45, 7) is 3.99. The number of aliphatic hydroxyl groups excluding tert-OH is 1. The number of benzene rings is 1. The van der Waals surface area contributed by atoms with Gasteiger partial charge in [-0.1, -0.05) is 12.1 Å². The van der Waals surface area contributed by atoms with Gasteiger partial charge < -0.3 is 19.5 Å². The Hall–Kier alpha value is -1.59. The average Bonchev–Trinajstić information content (AvgIpc) is 2.49. The zero-order valence-electron chi connectivity index (χ0n) is 11.7. The van der Waals surface area contributed by atoms with Gasteiger partial charge in [0.05, 0.1) is 38.9 Å². The van der Waals surface area contributed by atoms with E-state index in [0.717, 1.165) is 11.3 Å². The van der Waals surface area contributed by atoms with Gasteiger partial charge in [0, 0.05) is 6.54 Å². The molecule has 1 atom stereocenters. The van der Waals surface area contributed by atoms with Crippen LogP contribution in [0.4, 0.5) is 0 Å². The predicted molar refractivity (Wildman–Crippen MR) is 74.7 cm³/mol. The number of ether oxygens (including phenoxy) is 2. The number of hydrogen-bond acceptors (Lipinski definition) is 4. The van der Waals surface area contributed by atoms with Crippen LogP contribution in [-0.2, 0) is 16.0 Å². The van der Waals surface area contributed by atoms with Crippen LogP contribution in [0.25, 0.3) is 0 Å². The third-order valence-electron chi connectivity index (χ3n) is 3.35. The molecule has 0 radical (unpaired) electrons. The lowest BCUT2D eigenvalue weighted by molar-refractivity contribution is -0.140. The fraction of sp³-hybridized carbons (Fsp3) is 0.533. The Labute approximate surface area is 119 Å². The molecule has 0 aliphatic carbocycles. The van der Waals surface area contributed by atoms with Gasteiger partial charge >= 0.3 is 0 Å². The molecule has 0 saturated carbocycles. The van der Waals surface area contributed by atoms with Crippen molar-refractivity contribution in [1.82, 2.24) is 4.90 Å². The van der Waals surface area contributed by atoms with Crippen LogP contribution in [0, 0.1) is 0 Å². The van der Waals surface area contributed by atoms with Crippen LogP contribution >= 0.6 is 0 Å². The van der Waals surface area contributed by atoms with Gasteiger partial charge in [-0.15, -0.1) is 0 Å². The lowest BCUT2D eigenvalue weighted by Crippen LogP contribution is -2.51. The Balaban J connectivity index is 1.96. The molecule has 1 N–H and O–H groups in total. The van der Waals surface area contributed by atoms with E-state index >= 15 is 0 Å². The summed E-state index contributed by atoms with van der Waals surface area (Å²) in [6.07, 6.45) is 0.336. The maximum absolute atomic E-state index is 12.3. The topological polar surface area (TPSA) is 59.0 Å². The Bertz CT molecular complexity index is 432. The van der Waals surface area contributed by atoms with Crippen molar-refractivity contribution in [2.75, 3.05) is 33.0 Å². The number of nitrogens with zero attached hydrogens (tertiary/aromatic N) is 1. The van der Waals surface area contributed by atoms with E-state index in [4.69, 9.17) is 9.47 Å². The molecule has 110 valence electrons. The number of amides is 1. The van der Waals surface area contributed by atoms with E-state index in [0.29, 0.717) is 32.8 Å². The summed E-state index contributed by atoms with van der Waals surface area (Å²) < 4.78 is 10.6. The highest BCUT2D eigenvalue weighted by atomic mass is 16.5. The van der Waals surface area contributed by atoms with Crippen molar-refractivity contribution in [1.29, 1.82) is 0 Å². The van der Waals surface area contributed by atoms with Crippen LogP contribution in [0.15, 0.2) is 24.3 Å². The SMILES string of the molecule is CCOc1ccc(CC(=O)N2CCOC[C@@H]2CO)cc1. The third-order valence-corrected chi connectivity index (χ3v) is 3.35. The number of hydrogen-bond donors (Lipinski definition) is 1. The Kier molecular flexibility index (Phi) is 5.38. The third kappa shape index (κ3) is 3.71. The molecule has 5 nitrogen and oxygen atoms in total. The van der Waals surface area contributed by atoms with Gasteiger partial charge in [0.2, 0.25) is 5.91 Å². The van der Waals surface area contributed by atoms with Gasteiger partial charge in [0.25, 0.3) is 0 Å². The van der Waals surface area contributed by atoms with E-state index < -0.39 is 0 Å². The number of carbonyl (C=O) groups excluding carboxylic acids is 1. The largest absolute Gasteiger partial charge is 0.494 e. The summed E-state index contributed by atoms with van der Waals surface area (Å²) in [5.41, 5.74) is 0.946. The number of rotatable bonds is 5. The van der Waals surface area contributed by atoms with Crippen molar-refractivity contribution in [3.05, 3.63) is 29.8 Å². The molecule has 1 heterocycles. The predicted octanol–water partition coefficient (Wildman–Crippen LogP) is 0.847. The van der Waals surface area contributed by atoms with Crippen LogP contribution in [-0.4, -0.2) is 54.9 Å². The van der Waals surface area contributed by atoms with E-state index in [1.54, 1.807) is 4.90 Å². The summed E-state index contributed by atoms with van der Waals surface area (Å²) >= 11 is 0. The molecule has 0 spiro atoms. The molecule has 1 amide bonds. The van der Waals surface area contributed by atoms with Crippen LogP contribution in [0.3, 0.4) is 0 Å². The smallest absolute Gasteiger partial charge is 0.227 e. The van der Waals surface area contributed by atoms with E-state index in [2.05, 4.69) is 0 Å². The molecule has 1 aromatic carbocycles. The maximum Gasteiger partial charge on any atom is 0.227 e. The highest BCUT2D eigenvalue weighted by molar-refractivity contribution is 5.79. The van der Waals surface area contributed by atoms with Crippen molar-refractivity contribution >= 4 is 5.91 Å². The van der Waals surface area contributed by atoms with Crippen molar-refractivity contribution in [3.63, 3.8) is 0 Å². The van der Waals surface area contributed by atoms with E-state index in [1.165, 1.54) is 0 Å². The summed E-state index contributed by atoms with van der Waals surface area (Å²) in [4.78, 5) is 14.0. The summed E-state index contributed by atoms with van der Waals surface area (Å²) in [5.74, 6) is 0.833. The van der Waals surface area contributed by atoms with Gasteiger partial charge in [-0.05, 0) is 24.6 Å². The van der Waals surface area contributed by atoms with Crippen LogP contribution in [0.2, 0.25) is 0 Å². The minimum Gasteiger partial charge on any atom is -0.494 e. The molecule has 20 heavy (non-hydrogen) atoms. The first-order chi connectivity index (χ1) is 9.74. The second kappa shape index (κ2) is 7.26. The molecule has 0 unspecified atom stereocenters. The van der Waals surface area contributed by atoms with E-state index in [1.807, 2.05) is 31.2 Å². The quantitative estimate of drug-likeness (QED) is 0.868. The second-order valence-electron chi connectivity index (χ2n) is 4.75. The molecule has 5 heteroatoms. The molecular weight excluding hydrogens is 258 g/mol. The number of aliphatic hydroxyl groups is 1. The fourth-order valence-electron chi connectivity index (χ4n) is 2.28. The minimum absolute atomic E-state index is 0.0245. The maximum atomic E-state index is 12.3. The van der Waals surface area contributed by atoms with Crippen molar-refractivity contribution in [3.8, 4) is 5.75 Å². The van der Waals surface area contributed by atoms with E-state index in [-0.39, 0.29) is 18.6 Å². The van der Waals surface area contributed by atoms with Crippen LogP contribution in [0.1, 0.15) is 12.5 Å². The van der Waals surface area contributed by atoms with Crippen LogP contribution in [0.5, 0.6) is 5.75 Å². The van der Waals surface area contributed by atoms with Crippen molar-refractivity contribution < 1.29 is 19.4 Å². The summed E-state index contributed by atoms with van der Waals surface area (Å²) in [7, 11) is 0. The minimum atomic E-state index is -0.223. The van der Waals surface area contributed by atoms with Gasteiger partial charge in [-0.3, -0.25) is 4.79 Å². The van der Waals surface area contributed by atoms with Crippen LogP contribution < -0.4 is 4.74 Å². The lowest BCUT2D eigenvalue weighted by atomic mass is 10.1. The lowest BCUT2D eigenvalue weighted by Gasteiger charge is -2.34. The highest BCUT2D eigenvalue weighted by Gasteiger charge is 2.26. The molecule has 2 rings (SSSR count). The van der Waals surface area contributed by atoms with Gasteiger partial charge in [0.1, 0.15) is 5.75 Å². The fourth-order valence-corrected chi connectivity index (χ4v) is 2.28. The normalized spacial score (nSPS) is 18.9. The zero-order chi connectivity index (χ0) is 14.4. The summed E-state index contributed by atoms with van der Waals surface area (Å²) in [6, 6.07) is 7.32. The number of morpholine rings is 1. The van der Waals surface area contributed by atoms with Gasteiger partial charge in [-0.25, -0.2) is 0 Å². The number of carbonyl (C=O) groups is 1.